The first kappa shape index (κ1) is 19.7. The zero-order valence-corrected chi connectivity index (χ0v) is 17.5. The van der Waals surface area contributed by atoms with Gasteiger partial charge >= 0.3 is 0 Å². The molecule has 4 aliphatic carbocycles. The van der Waals surface area contributed by atoms with Gasteiger partial charge in [-0.1, -0.05) is 20.8 Å². The van der Waals surface area contributed by atoms with E-state index in [1.807, 2.05) is 0 Å². The van der Waals surface area contributed by atoms with Crippen LogP contribution in [0.5, 0.6) is 0 Å². The van der Waals surface area contributed by atoms with Gasteiger partial charge in [-0.3, -0.25) is 10.1 Å². The third kappa shape index (κ3) is 3.14. The maximum absolute atomic E-state index is 10.8. The second kappa shape index (κ2) is 7.00. The Bertz CT molecular complexity index is 580. The van der Waals surface area contributed by atoms with Crippen molar-refractivity contribution in [1.29, 1.82) is 0 Å². The standard InChI is InChI=1S/C23H39NO3/c1-15(10-13-24(26)27)19-6-7-20-18-5-4-16-14-17(25)8-11-22(16,2)21(18)9-12-23(19,20)3/h15-21,25H,4-14H2,1-3H3/t15-,16?,17-,18?,19-,20?,21?,22+,23-/m1/s1. The smallest absolute Gasteiger partial charge is 0.204 e. The van der Waals surface area contributed by atoms with Crippen molar-refractivity contribution >= 4 is 0 Å². The van der Waals surface area contributed by atoms with Crippen LogP contribution in [0.25, 0.3) is 0 Å². The highest BCUT2D eigenvalue weighted by Crippen LogP contribution is 2.68. The lowest BCUT2D eigenvalue weighted by Crippen LogP contribution is -2.54. The predicted molar refractivity (Wildman–Crippen MR) is 107 cm³/mol. The Kier molecular flexibility index (Phi) is 5.10. The van der Waals surface area contributed by atoms with Crippen molar-refractivity contribution in [3.05, 3.63) is 10.1 Å². The number of fused-ring (bicyclic) bond motifs is 5. The van der Waals surface area contributed by atoms with Crippen LogP contribution in [-0.4, -0.2) is 22.7 Å². The average molecular weight is 378 g/mol. The molecule has 0 radical (unpaired) electrons. The number of hydrogen-bond donors (Lipinski definition) is 1. The molecule has 27 heavy (non-hydrogen) atoms. The molecule has 4 unspecified atom stereocenters. The summed E-state index contributed by atoms with van der Waals surface area (Å²) in [5.41, 5.74) is 0.841. The first-order valence-electron chi connectivity index (χ1n) is 11.6. The van der Waals surface area contributed by atoms with Gasteiger partial charge in [0.25, 0.3) is 0 Å². The molecule has 9 atom stereocenters. The lowest BCUT2D eigenvalue weighted by atomic mass is 9.44. The highest BCUT2D eigenvalue weighted by Gasteiger charge is 2.60. The molecule has 0 aliphatic heterocycles. The summed E-state index contributed by atoms with van der Waals surface area (Å²) >= 11 is 0. The van der Waals surface area contributed by atoms with E-state index in [4.69, 9.17) is 0 Å². The molecule has 4 heteroatoms. The molecular formula is C23H39NO3. The number of hydrogen-bond acceptors (Lipinski definition) is 3. The average Bonchev–Trinajstić information content (AvgIpc) is 2.97. The third-order valence-corrected chi connectivity index (χ3v) is 10.2. The largest absolute Gasteiger partial charge is 0.393 e. The Morgan fingerprint density at radius 1 is 1.04 bits per heavy atom. The lowest BCUT2D eigenvalue weighted by molar-refractivity contribution is -0.482. The first-order valence-corrected chi connectivity index (χ1v) is 11.6. The fraction of sp³-hybridized carbons (Fsp3) is 1.00. The summed E-state index contributed by atoms with van der Waals surface area (Å²) in [6.45, 7) is 7.49. The maximum Gasteiger partial charge on any atom is 0.204 e. The topological polar surface area (TPSA) is 63.4 Å². The minimum Gasteiger partial charge on any atom is -0.393 e. The van der Waals surface area contributed by atoms with E-state index in [1.54, 1.807) is 0 Å². The van der Waals surface area contributed by atoms with Crippen LogP contribution in [0.1, 0.15) is 85.0 Å². The van der Waals surface area contributed by atoms with Crippen LogP contribution in [0.3, 0.4) is 0 Å². The SMILES string of the molecule is C[C@H](CC[N+](=O)[O-])[C@H]1CCC2C3CCC4C[C@H](O)CC[C@]4(C)C3CC[C@@]21C. The summed E-state index contributed by atoms with van der Waals surface area (Å²) in [7, 11) is 0. The predicted octanol–water partition coefficient (Wildman–Crippen LogP) is 5.31. The van der Waals surface area contributed by atoms with E-state index in [-0.39, 0.29) is 17.6 Å². The van der Waals surface area contributed by atoms with E-state index in [2.05, 4.69) is 20.8 Å². The molecule has 0 saturated heterocycles. The molecule has 4 aliphatic rings. The monoisotopic (exact) mass is 377 g/mol. The third-order valence-electron chi connectivity index (χ3n) is 10.2. The lowest BCUT2D eigenvalue weighted by Gasteiger charge is -2.61. The van der Waals surface area contributed by atoms with Crippen molar-refractivity contribution in [3.8, 4) is 0 Å². The van der Waals surface area contributed by atoms with Gasteiger partial charge in [-0.25, -0.2) is 0 Å². The molecule has 4 nitrogen and oxygen atoms in total. The molecule has 0 aromatic heterocycles. The van der Waals surface area contributed by atoms with Crippen LogP contribution >= 0.6 is 0 Å². The molecule has 0 amide bonds. The van der Waals surface area contributed by atoms with E-state index < -0.39 is 0 Å². The van der Waals surface area contributed by atoms with Crippen molar-refractivity contribution in [2.45, 2.75) is 91.1 Å². The van der Waals surface area contributed by atoms with Crippen LogP contribution in [-0.2, 0) is 0 Å². The highest BCUT2D eigenvalue weighted by molar-refractivity contribution is 5.09. The molecule has 1 N–H and O–H groups in total. The molecular weight excluding hydrogens is 338 g/mol. The van der Waals surface area contributed by atoms with Crippen molar-refractivity contribution in [3.63, 3.8) is 0 Å². The number of rotatable bonds is 4. The minimum atomic E-state index is -0.137. The van der Waals surface area contributed by atoms with Gasteiger partial charge in [-0.2, -0.15) is 0 Å². The molecule has 0 aromatic rings. The van der Waals surface area contributed by atoms with Crippen molar-refractivity contribution in [2.75, 3.05) is 6.54 Å². The summed E-state index contributed by atoms with van der Waals surface area (Å²) in [6.07, 6.45) is 11.9. The van der Waals surface area contributed by atoms with Gasteiger partial charge in [0.15, 0.2) is 0 Å². The number of aliphatic hydroxyl groups excluding tert-OH is 1. The Morgan fingerprint density at radius 2 is 1.74 bits per heavy atom. The van der Waals surface area contributed by atoms with Gasteiger partial charge in [0.1, 0.15) is 0 Å². The van der Waals surface area contributed by atoms with Crippen molar-refractivity contribution < 1.29 is 10.0 Å². The van der Waals surface area contributed by atoms with Gasteiger partial charge in [-0.05, 0) is 104 Å². The molecule has 0 spiro atoms. The van der Waals surface area contributed by atoms with Crippen molar-refractivity contribution in [1.82, 2.24) is 0 Å². The summed E-state index contributed by atoms with van der Waals surface area (Å²) in [6, 6.07) is 0. The van der Waals surface area contributed by atoms with Gasteiger partial charge in [0.2, 0.25) is 6.54 Å². The van der Waals surface area contributed by atoms with Crippen LogP contribution in [0.2, 0.25) is 0 Å². The minimum absolute atomic E-state index is 0.0632. The van der Waals surface area contributed by atoms with E-state index >= 15 is 0 Å². The molecule has 4 rings (SSSR count). The molecule has 154 valence electrons. The summed E-state index contributed by atoms with van der Waals surface area (Å²) in [4.78, 5) is 10.7. The van der Waals surface area contributed by atoms with Gasteiger partial charge < -0.3 is 5.11 Å². The van der Waals surface area contributed by atoms with Gasteiger partial charge in [0.05, 0.1) is 6.10 Å². The van der Waals surface area contributed by atoms with Gasteiger partial charge in [0, 0.05) is 11.3 Å². The molecule has 0 bridgehead atoms. The fourth-order valence-corrected chi connectivity index (χ4v) is 8.72. The Labute approximate surface area is 164 Å². The number of aliphatic hydroxyl groups is 1. The van der Waals surface area contributed by atoms with Crippen molar-refractivity contribution in [2.24, 2.45) is 46.3 Å². The Morgan fingerprint density at radius 3 is 2.48 bits per heavy atom. The molecule has 4 fully saturated rings. The highest BCUT2D eigenvalue weighted by atomic mass is 16.6. The molecule has 0 heterocycles. The maximum atomic E-state index is 10.8. The Balaban J connectivity index is 1.51. The zero-order chi connectivity index (χ0) is 19.4. The summed E-state index contributed by atoms with van der Waals surface area (Å²) in [5, 5.41) is 21.0. The normalized spacial score (nSPS) is 50.4. The molecule has 4 saturated carbocycles. The van der Waals surface area contributed by atoms with Crippen LogP contribution in [0, 0.1) is 56.5 Å². The number of nitro groups is 1. The quantitative estimate of drug-likeness (QED) is 0.533. The second-order valence-electron chi connectivity index (χ2n) is 11.1. The van der Waals surface area contributed by atoms with E-state index in [0.717, 1.165) is 42.9 Å². The second-order valence-corrected chi connectivity index (χ2v) is 11.1. The fourth-order valence-electron chi connectivity index (χ4n) is 8.72. The van der Waals surface area contributed by atoms with Crippen LogP contribution in [0.4, 0.5) is 0 Å². The number of nitrogens with zero attached hydrogens (tertiary/aromatic N) is 1. The van der Waals surface area contributed by atoms with Gasteiger partial charge in [-0.15, -0.1) is 0 Å². The van der Waals surface area contributed by atoms with Crippen LogP contribution in [0.15, 0.2) is 0 Å². The molecule has 0 aromatic carbocycles. The van der Waals surface area contributed by atoms with Crippen LogP contribution < -0.4 is 0 Å². The zero-order valence-electron chi connectivity index (χ0n) is 17.5. The van der Waals surface area contributed by atoms with E-state index in [1.165, 1.54) is 44.9 Å². The first-order chi connectivity index (χ1) is 12.8. The van der Waals surface area contributed by atoms with E-state index in [9.17, 15) is 15.2 Å². The summed E-state index contributed by atoms with van der Waals surface area (Å²) in [5.74, 6) is 4.38. The summed E-state index contributed by atoms with van der Waals surface area (Å²) < 4.78 is 0. The van der Waals surface area contributed by atoms with E-state index in [0.29, 0.717) is 22.7 Å². The Hall–Kier alpha value is -0.640.